The number of alkyl halides is 7. The Morgan fingerprint density at radius 3 is 2.16 bits per heavy atom. The number of carbonyl (C=O) groups excluding carboxylic acids is 1. The first kappa shape index (κ1) is 18.7. The number of para-hydroxylation sites is 1. The van der Waals surface area contributed by atoms with Crippen LogP contribution >= 0.6 is 0 Å². The van der Waals surface area contributed by atoms with E-state index >= 15 is 0 Å². The number of hydrogen-bond donors (Lipinski definition) is 1. The zero-order chi connectivity index (χ0) is 19.2. The first-order chi connectivity index (χ1) is 11.4. The number of ether oxygens (including phenoxy) is 1. The Kier molecular flexibility index (Phi) is 4.31. The predicted molar refractivity (Wildman–Crippen MR) is 72.4 cm³/mol. The third-order valence-corrected chi connectivity index (χ3v) is 3.37. The Labute approximate surface area is 135 Å². The number of methoxy groups -OCH3 is 1. The highest BCUT2D eigenvalue weighted by Crippen LogP contribution is 2.52. The zero-order valence-electron chi connectivity index (χ0n) is 12.3. The molecule has 0 amide bonds. The number of carbonyl (C=O) groups is 1. The van der Waals surface area contributed by atoms with Gasteiger partial charge in [-0.05, 0) is 6.07 Å². The van der Waals surface area contributed by atoms with Crippen LogP contribution in [0.5, 0.6) is 0 Å². The highest BCUT2D eigenvalue weighted by Gasteiger charge is 2.75. The maximum atomic E-state index is 14.1. The third kappa shape index (κ3) is 2.72. The average molecular weight is 370 g/mol. The molecule has 0 atom stereocenters. The fraction of sp³-hybridized carbons (Fsp3) is 0.286. The minimum Gasteiger partial charge on any atom is -0.465 e. The molecule has 0 bridgehead atoms. The Morgan fingerprint density at radius 1 is 1.08 bits per heavy atom. The Balaban J connectivity index is 2.90. The van der Waals surface area contributed by atoms with Gasteiger partial charge in [0.1, 0.15) is 11.3 Å². The van der Waals surface area contributed by atoms with Gasteiger partial charge in [0.05, 0.1) is 18.3 Å². The Hall–Kier alpha value is -2.59. The summed E-state index contributed by atoms with van der Waals surface area (Å²) in [6, 6.07) is 4.95. The van der Waals surface area contributed by atoms with Crippen LogP contribution in [-0.4, -0.2) is 30.2 Å². The van der Waals surface area contributed by atoms with E-state index < -0.39 is 40.9 Å². The molecule has 4 nitrogen and oxygen atoms in total. The lowest BCUT2D eigenvalue weighted by molar-refractivity contribution is -0.360. The molecule has 1 aromatic heterocycles. The molecule has 0 aliphatic carbocycles. The van der Waals surface area contributed by atoms with Crippen molar-refractivity contribution < 1.29 is 40.3 Å². The van der Waals surface area contributed by atoms with Crippen molar-refractivity contribution in [2.75, 3.05) is 12.8 Å². The quantitative estimate of drug-likeness (QED) is 0.658. The molecule has 0 radical (unpaired) electrons. The molecule has 1 heterocycles. The molecule has 0 aliphatic rings. The first-order valence-corrected chi connectivity index (χ1v) is 6.45. The van der Waals surface area contributed by atoms with Gasteiger partial charge in [-0.15, -0.1) is 0 Å². The normalized spacial score (nSPS) is 13.1. The van der Waals surface area contributed by atoms with Crippen LogP contribution in [0.3, 0.4) is 0 Å². The number of hydrogen-bond acceptors (Lipinski definition) is 4. The molecule has 0 saturated carbocycles. The van der Waals surface area contributed by atoms with Crippen molar-refractivity contribution in [2.24, 2.45) is 0 Å². The van der Waals surface area contributed by atoms with E-state index in [0.717, 1.165) is 13.2 Å². The number of halogens is 7. The largest absolute Gasteiger partial charge is 0.465 e. The van der Waals surface area contributed by atoms with Crippen LogP contribution in [0.15, 0.2) is 24.3 Å². The fourth-order valence-corrected chi connectivity index (χ4v) is 2.10. The summed E-state index contributed by atoms with van der Waals surface area (Å²) in [4.78, 5) is 14.9. The van der Waals surface area contributed by atoms with Crippen molar-refractivity contribution >= 4 is 22.6 Å². The molecule has 11 heteroatoms. The molecule has 136 valence electrons. The number of anilines is 1. The molecule has 2 aromatic rings. The molecule has 2 rings (SSSR count). The predicted octanol–water partition coefficient (Wildman–Crippen LogP) is 3.89. The number of benzene rings is 1. The maximum absolute atomic E-state index is 14.1. The Bertz CT molecular complexity index is 834. The van der Waals surface area contributed by atoms with Crippen molar-refractivity contribution in [1.29, 1.82) is 0 Å². The molecule has 0 fully saturated rings. The van der Waals surface area contributed by atoms with Crippen molar-refractivity contribution in [2.45, 2.75) is 18.0 Å². The van der Waals surface area contributed by atoms with E-state index in [1.807, 2.05) is 0 Å². The summed E-state index contributed by atoms with van der Waals surface area (Å²) >= 11 is 0. The molecular weight excluding hydrogens is 361 g/mol. The molecular formula is C14H9F7N2O2. The van der Waals surface area contributed by atoms with Crippen LogP contribution in [0.2, 0.25) is 0 Å². The van der Waals surface area contributed by atoms with Crippen molar-refractivity contribution in [3.63, 3.8) is 0 Å². The van der Waals surface area contributed by atoms with Gasteiger partial charge in [-0.3, -0.25) is 0 Å². The lowest BCUT2D eigenvalue weighted by Crippen LogP contribution is -2.51. The minimum atomic E-state index is -6.59. The second-order valence-corrected chi connectivity index (χ2v) is 4.90. The van der Waals surface area contributed by atoms with Gasteiger partial charge >= 0.3 is 24.0 Å². The van der Waals surface area contributed by atoms with Gasteiger partial charge in [-0.25, -0.2) is 9.78 Å². The number of pyridine rings is 1. The molecule has 25 heavy (non-hydrogen) atoms. The molecule has 0 unspecified atom stereocenters. The van der Waals surface area contributed by atoms with Crippen LogP contribution in [0.25, 0.3) is 10.9 Å². The first-order valence-electron chi connectivity index (χ1n) is 6.45. The van der Waals surface area contributed by atoms with Crippen molar-refractivity contribution in [1.82, 2.24) is 4.98 Å². The van der Waals surface area contributed by atoms with E-state index in [9.17, 15) is 35.5 Å². The van der Waals surface area contributed by atoms with Gasteiger partial charge in [0.2, 0.25) is 0 Å². The number of esters is 1. The molecule has 0 aliphatic heterocycles. The SMILES string of the molecule is COC(=O)c1c(C(F)(F)C(F)(F)C(F)(F)F)nc2ccccc2c1N. The van der Waals surface area contributed by atoms with Crippen LogP contribution in [0, 0.1) is 0 Å². The zero-order valence-corrected chi connectivity index (χ0v) is 12.3. The summed E-state index contributed by atoms with van der Waals surface area (Å²) in [5.74, 6) is -14.0. The van der Waals surface area contributed by atoms with Crippen molar-refractivity contribution in [3.05, 3.63) is 35.5 Å². The van der Waals surface area contributed by atoms with Gasteiger partial charge in [-0.1, -0.05) is 18.2 Å². The topological polar surface area (TPSA) is 65.2 Å². The van der Waals surface area contributed by atoms with E-state index in [-0.39, 0.29) is 10.9 Å². The summed E-state index contributed by atoms with van der Waals surface area (Å²) < 4.78 is 96.4. The standard InChI is InChI=1S/C14H9F7N2O2/c1-25-11(24)8-9(22)6-4-2-3-5-7(6)23-10(8)12(15,16)13(17,18)14(19,20)21/h2-5H,1H3,(H2,22,23). The lowest BCUT2D eigenvalue weighted by atomic mass is 9.98. The third-order valence-electron chi connectivity index (χ3n) is 3.37. The van der Waals surface area contributed by atoms with E-state index in [4.69, 9.17) is 5.73 Å². The van der Waals surface area contributed by atoms with Crippen LogP contribution in [-0.2, 0) is 10.7 Å². The number of nitrogen functional groups attached to an aromatic ring is 1. The number of fused-ring (bicyclic) bond motifs is 1. The summed E-state index contributed by atoms with van der Waals surface area (Å²) in [6.45, 7) is 0. The fourth-order valence-electron chi connectivity index (χ4n) is 2.10. The highest BCUT2D eigenvalue weighted by molar-refractivity contribution is 6.05. The van der Waals surface area contributed by atoms with Gasteiger partial charge in [-0.2, -0.15) is 30.7 Å². The van der Waals surface area contributed by atoms with E-state index in [0.29, 0.717) is 0 Å². The van der Waals surface area contributed by atoms with Crippen LogP contribution in [0.1, 0.15) is 16.1 Å². The second-order valence-electron chi connectivity index (χ2n) is 4.90. The van der Waals surface area contributed by atoms with Crippen LogP contribution in [0.4, 0.5) is 36.4 Å². The van der Waals surface area contributed by atoms with Gasteiger partial charge in [0, 0.05) is 5.39 Å². The molecule has 0 spiro atoms. The van der Waals surface area contributed by atoms with E-state index in [1.165, 1.54) is 18.2 Å². The molecule has 0 saturated heterocycles. The maximum Gasteiger partial charge on any atom is 0.460 e. The number of nitrogens with zero attached hydrogens (tertiary/aromatic N) is 1. The summed E-state index contributed by atoms with van der Waals surface area (Å²) in [5, 5.41) is -0.0854. The minimum absolute atomic E-state index is 0.0854. The van der Waals surface area contributed by atoms with Crippen LogP contribution < -0.4 is 5.73 Å². The second kappa shape index (κ2) is 5.74. The average Bonchev–Trinajstić information content (AvgIpc) is 2.52. The number of rotatable bonds is 3. The summed E-state index contributed by atoms with van der Waals surface area (Å²) in [6.07, 6.45) is -6.59. The molecule has 2 N–H and O–H groups in total. The molecule has 1 aromatic carbocycles. The van der Waals surface area contributed by atoms with Gasteiger partial charge in [0.15, 0.2) is 0 Å². The highest BCUT2D eigenvalue weighted by atomic mass is 19.4. The number of aromatic nitrogens is 1. The smallest absolute Gasteiger partial charge is 0.460 e. The lowest BCUT2D eigenvalue weighted by Gasteiger charge is -2.29. The van der Waals surface area contributed by atoms with E-state index in [2.05, 4.69) is 9.72 Å². The summed E-state index contributed by atoms with van der Waals surface area (Å²) in [7, 11) is 0.723. The summed E-state index contributed by atoms with van der Waals surface area (Å²) in [5.41, 5.74) is 0.946. The Morgan fingerprint density at radius 2 is 1.64 bits per heavy atom. The monoisotopic (exact) mass is 370 g/mol. The number of nitrogens with two attached hydrogens (primary N) is 1. The van der Waals surface area contributed by atoms with E-state index in [1.54, 1.807) is 0 Å². The van der Waals surface area contributed by atoms with Gasteiger partial charge in [0.25, 0.3) is 0 Å². The van der Waals surface area contributed by atoms with Gasteiger partial charge < -0.3 is 10.5 Å². The van der Waals surface area contributed by atoms with Crippen molar-refractivity contribution in [3.8, 4) is 0 Å².